The molecule has 1 heterocycles. The molecule has 0 radical (unpaired) electrons. The summed E-state index contributed by atoms with van der Waals surface area (Å²) >= 11 is 0. The number of nitrogens with one attached hydrogen (secondary N) is 2. The van der Waals surface area contributed by atoms with Gasteiger partial charge in [-0.3, -0.25) is 9.48 Å². The molecule has 1 aromatic heterocycles. The number of hydrogen-bond donors (Lipinski definition) is 2. The van der Waals surface area contributed by atoms with Gasteiger partial charge in [0.1, 0.15) is 0 Å². The monoisotopic (exact) mass is 552 g/mol. The molecule has 32 heavy (non-hydrogen) atoms. The highest BCUT2D eigenvalue weighted by atomic mass is 127. The van der Waals surface area contributed by atoms with Gasteiger partial charge < -0.3 is 15.5 Å². The van der Waals surface area contributed by atoms with Gasteiger partial charge in [-0.1, -0.05) is 38.1 Å². The summed E-state index contributed by atoms with van der Waals surface area (Å²) in [6.07, 6.45) is 4.87. The van der Waals surface area contributed by atoms with Crippen molar-refractivity contribution in [2.45, 2.75) is 58.5 Å². The van der Waals surface area contributed by atoms with Gasteiger partial charge in [-0.2, -0.15) is 5.10 Å². The van der Waals surface area contributed by atoms with Crippen LogP contribution in [0.1, 0.15) is 48.3 Å². The molecule has 8 heteroatoms. The minimum atomic E-state index is 0. The third kappa shape index (κ3) is 6.46. The first-order chi connectivity index (χ1) is 14.9. The number of likely N-dealkylation sites (N-methyl/N-ethyl adjacent to an activating group) is 1. The lowest BCUT2D eigenvalue weighted by molar-refractivity contribution is -0.127. The van der Waals surface area contributed by atoms with Crippen molar-refractivity contribution in [3.05, 3.63) is 52.3 Å². The summed E-state index contributed by atoms with van der Waals surface area (Å²) in [6.45, 7) is 5.04. The average molecular weight is 553 g/mol. The molecule has 1 aliphatic rings. The number of rotatable bonds is 7. The van der Waals surface area contributed by atoms with E-state index in [9.17, 15) is 4.79 Å². The Morgan fingerprint density at radius 3 is 2.59 bits per heavy atom. The van der Waals surface area contributed by atoms with Gasteiger partial charge >= 0.3 is 0 Å². The predicted molar refractivity (Wildman–Crippen MR) is 141 cm³/mol. The van der Waals surface area contributed by atoms with E-state index in [0.717, 1.165) is 37.8 Å². The Kier molecular flexibility index (Phi) is 9.99. The highest BCUT2D eigenvalue weighted by molar-refractivity contribution is 14.0. The fraction of sp³-hybridized carbons (Fsp3) is 0.542. The van der Waals surface area contributed by atoms with Gasteiger partial charge in [-0.05, 0) is 43.2 Å². The maximum absolute atomic E-state index is 12.1. The van der Waals surface area contributed by atoms with E-state index in [4.69, 9.17) is 4.99 Å². The smallest absolute Gasteiger partial charge is 0.241 e. The van der Waals surface area contributed by atoms with Crippen LogP contribution in [-0.4, -0.2) is 53.2 Å². The third-order valence-electron chi connectivity index (χ3n) is 6.02. The molecule has 3 rings (SSSR count). The quantitative estimate of drug-likeness (QED) is 0.315. The summed E-state index contributed by atoms with van der Waals surface area (Å²) in [4.78, 5) is 18.6. The van der Waals surface area contributed by atoms with Crippen LogP contribution < -0.4 is 10.6 Å². The van der Waals surface area contributed by atoms with Crippen LogP contribution in [0, 0.1) is 0 Å². The Morgan fingerprint density at radius 1 is 1.22 bits per heavy atom. The predicted octanol–water partition coefficient (Wildman–Crippen LogP) is 2.84. The Bertz CT molecular complexity index is 937. The van der Waals surface area contributed by atoms with Gasteiger partial charge in [0, 0.05) is 38.4 Å². The lowest BCUT2D eigenvalue weighted by atomic mass is 9.88. The second-order valence-corrected chi connectivity index (χ2v) is 8.36. The molecule has 176 valence electrons. The van der Waals surface area contributed by atoms with E-state index in [1.807, 2.05) is 11.7 Å². The maximum Gasteiger partial charge on any atom is 0.241 e. The molecule has 2 aromatic rings. The van der Waals surface area contributed by atoms with E-state index in [0.29, 0.717) is 18.5 Å². The summed E-state index contributed by atoms with van der Waals surface area (Å²) in [6, 6.07) is 8.93. The van der Waals surface area contributed by atoms with E-state index in [1.54, 1.807) is 19.0 Å². The number of nitrogens with zero attached hydrogens (tertiary/aromatic N) is 4. The number of halogens is 1. The van der Waals surface area contributed by atoms with Gasteiger partial charge in [-0.25, -0.2) is 4.99 Å². The van der Waals surface area contributed by atoms with Crippen LogP contribution in [0.2, 0.25) is 0 Å². The molecule has 7 nitrogen and oxygen atoms in total. The van der Waals surface area contributed by atoms with Crippen molar-refractivity contribution in [3.8, 4) is 0 Å². The van der Waals surface area contributed by atoms with Crippen molar-refractivity contribution in [1.82, 2.24) is 25.3 Å². The number of carbonyl (C=O) groups excluding carboxylic acids is 1. The number of carbonyl (C=O) groups is 1. The van der Waals surface area contributed by atoms with Gasteiger partial charge in [0.05, 0.1) is 18.8 Å². The van der Waals surface area contributed by atoms with Crippen LogP contribution in [0.3, 0.4) is 0 Å². The highest BCUT2D eigenvalue weighted by Gasteiger charge is 2.20. The zero-order valence-electron chi connectivity index (χ0n) is 19.9. The summed E-state index contributed by atoms with van der Waals surface area (Å²) < 4.78 is 1.97. The standard InChI is InChI=1S/C24H36N6O.HI/c1-6-21-20(22(7-2)30(5)28-21)15-25-24(26-16-23(31)29(3)4)27-19-13-12-17-10-8-9-11-18(17)14-19;/h8-11,19H,6-7,12-16H2,1-5H3,(H2,25,26,27);1H. The minimum Gasteiger partial charge on any atom is -0.353 e. The van der Waals surface area contributed by atoms with Crippen LogP contribution >= 0.6 is 24.0 Å². The molecule has 1 unspecified atom stereocenters. The number of benzene rings is 1. The highest BCUT2D eigenvalue weighted by Crippen LogP contribution is 2.21. The molecule has 0 saturated carbocycles. The molecule has 1 atom stereocenters. The molecule has 1 amide bonds. The van der Waals surface area contributed by atoms with Crippen LogP contribution in [-0.2, 0) is 44.1 Å². The van der Waals surface area contributed by atoms with Gasteiger partial charge in [-0.15, -0.1) is 24.0 Å². The number of fused-ring (bicyclic) bond motifs is 1. The van der Waals surface area contributed by atoms with E-state index in [1.165, 1.54) is 22.4 Å². The van der Waals surface area contributed by atoms with E-state index in [2.05, 4.69) is 53.8 Å². The van der Waals surface area contributed by atoms with E-state index in [-0.39, 0.29) is 36.4 Å². The number of aliphatic imine (C=N–C) groups is 1. The second kappa shape index (κ2) is 12.2. The van der Waals surface area contributed by atoms with Crippen LogP contribution in [0.4, 0.5) is 0 Å². The van der Waals surface area contributed by atoms with Crippen LogP contribution in [0.15, 0.2) is 29.3 Å². The fourth-order valence-corrected chi connectivity index (χ4v) is 4.21. The first kappa shape index (κ1) is 26.2. The molecule has 1 aromatic carbocycles. The molecule has 1 aliphatic carbocycles. The topological polar surface area (TPSA) is 74.5 Å². The third-order valence-corrected chi connectivity index (χ3v) is 6.02. The summed E-state index contributed by atoms with van der Waals surface area (Å²) in [5.41, 5.74) is 6.34. The number of amides is 1. The van der Waals surface area contributed by atoms with E-state index >= 15 is 0 Å². The first-order valence-electron chi connectivity index (χ1n) is 11.3. The zero-order valence-corrected chi connectivity index (χ0v) is 22.3. The Hall–Kier alpha value is -2.10. The number of aromatic nitrogens is 2. The van der Waals surface area contributed by atoms with E-state index < -0.39 is 0 Å². The number of hydrogen-bond acceptors (Lipinski definition) is 3. The van der Waals surface area contributed by atoms with Crippen LogP contribution in [0.5, 0.6) is 0 Å². The molecule has 0 saturated heterocycles. The lowest BCUT2D eigenvalue weighted by Gasteiger charge is -2.27. The van der Waals surface area contributed by atoms with Crippen molar-refractivity contribution < 1.29 is 4.79 Å². The molecule has 0 fully saturated rings. The largest absolute Gasteiger partial charge is 0.353 e. The summed E-state index contributed by atoms with van der Waals surface area (Å²) in [7, 11) is 5.53. The molecule has 0 spiro atoms. The van der Waals surface area contributed by atoms with Crippen LogP contribution in [0.25, 0.3) is 0 Å². The molecule has 2 N–H and O–H groups in total. The fourth-order valence-electron chi connectivity index (χ4n) is 4.21. The van der Waals surface area contributed by atoms with Crippen molar-refractivity contribution in [1.29, 1.82) is 0 Å². The molecule has 0 bridgehead atoms. The van der Waals surface area contributed by atoms with Crippen molar-refractivity contribution in [2.24, 2.45) is 12.0 Å². The van der Waals surface area contributed by atoms with Crippen molar-refractivity contribution >= 4 is 35.8 Å². The average Bonchev–Trinajstić information content (AvgIpc) is 3.09. The van der Waals surface area contributed by atoms with Gasteiger partial charge in [0.15, 0.2) is 5.96 Å². The second-order valence-electron chi connectivity index (χ2n) is 8.36. The zero-order chi connectivity index (χ0) is 22.4. The molecular weight excluding hydrogens is 515 g/mol. The van der Waals surface area contributed by atoms with Crippen molar-refractivity contribution in [3.63, 3.8) is 0 Å². The van der Waals surface area contributed by atoms with Crippen molar-refractivity contribution in [2.75, 3.05) is 20.6 Å². The summed E-state index contributed by atoms with van der Waals surface area (Å²) in [5, 5.41) is 11.5. The normalized spacial score (nSPS) is 15.5. The van der Waals surface area contributed by atoms with Gasteiger partial charge in [0.25, 0.3) is 0 Å². The SMILES string of the molecule is CCc1nn(C)c(CC)c1CN=C(NCC(=O)N(C)C)NC1CCc2ccccc2C1.I. The lowest BCUT2D eigenvalue weighted by Crippen LogP contribution is -2.48. The summed E-state index contributed by atoms with van der Waals surface area (Å²) in [5.74, 6) is 0.709. The first-order valence-corrected chi connectivity index (χ1v) is 11.3. The Balaban J connectivity index is 0.00000363. The Morgan fingerprint density at radius 2 is 1.94 bits per heavy atom. The Labute approximate surface area is 209 Å². The molecule has 0 aliphatic heterocycles. The number of aryl methyl sites for hydroxylation is 3. The number of guanidine groups is 1. The minimum absolute atomic E-state index is 0. The maximum atomic E-state index is 12.1. The molecular formula is C24H37IN6O. The van der Waals surface area contributed by atoms with Gasteiger partial charge in [0.2, 0.25) is 5.91 Å².